The Balaban J connectivity index is 2.02. The maximum Gasteiger partial charge on any atom is 0.341 e. The van der Waals surface area contributed by atoms with Crippen LogP contribution in [0.4, 0.5) is 23.0 Å². The molecule has 3 aromatic rings. The molecule has 0 unspecified atom stereocenters. The normalized spacial score (nSPS) is 10.2. The summed E-state index contributed by atoms with van der Waals surface area (Å²) in [7, 11) is 4.40. The number of hydrogen-bond acceptors (Lipinski definition) is 8. The third-order valence-electron chi connectivity index (χ3n) is 4.23. The van der Waals surface area contributed by atoms with Crippen molar-refractivity contribution in [1.29, 1.82) is 0 Å². The molecule has 0 atom stereocenters. The number of rotatable bonds is 6. The van der Waals surface area contributed by atoms with Gasteiger partial charge in [-0.15, -0.1) is 0 Å². The lowest BCUT2D eigenvalue weighted by Gasteiger charge is -2.14. The third kappa shape index (κ3) is 4.27. The van der Waals surface area contributed by atoms with E-state index in [-0.39, 0.29) is 34.1 Å². The highest BCUT2D eigenvalue weighted by Gasteiger charge is 2.16. The number of carbonyl (C=O) groups excluding carboxylic acids is 2. The highest BCUT2D eigenvalue weighted by molar-refractivity contribution is 6.00. The van der Waals surface area contributed by atoms with Crippen LogP contribution in [-0.4, -0.2) is 40.6 Å². The largest absolute Gasteiger partial charge is 0.465 e. The molecule has 0 aliphatic carbocycles. The van der Waals surface area contributed by atoms with E-state index >= 15 is 0 Å². The fourth-order valence-electron chi connectivity index (χ4n) is 2.68. The Morgan fingerprint density at radius 2 is 1.87 bits per heavy atom. The van der Waals surface area contributed by atoms with Gasteiger partial charge in [-0.3, -0.25) is 9.59 Å². The number of methoxy groups -OCH3 is 1. The van der Waals surface area contributed by atoms with Crippen molar-refractivity contribution in [1.82, 2.24) is 19.9 Å². The average Bonchev–Trinajstić information content (AvgIpc) is 2.76. The summed E-state index contributed by atoms with van der Waals surface area (Å²) in [4.78, 5) is 45.0. The third-order valence-corrected chi connectivity index (χ3v) is 4.23. The summed E-state index contributed by atoms with van der Waals surface area (Å²) in [6.07, 6.45) is 4.50. The molecule has 0 fully saturated rings. The van der Waals surface area contributed by atoms with Gasteiger partial charge in [-0.2, -0.15) is 0 Å². The molecule has 3 aromatic heterocycles. The lowest BCUT2D eigenvalue weighted by atomic mass is 10.2. The van der Waals surface area contributed by atoms with Gasteiger partial charge in [0.05, 0.1) is 18.4 Å². The first-order valence-electron chi connectivity index (χ1n) is 8.89. The number of nitrogens with one attached hydrogen (secondary N) is 3. The first-order valence-corrected chi connectivity index (χ1v) is 8.89. The second-order valence-electron chi connectivity index (χ2n) is 6.17. The van der Waals surface area contributed by atoms with Gasteiger partial charge >= 0.3 is 5.97 Å². The number of aryl methyl sites for hydroxylation is 1. The van der Waals surface area contributed by atoms with Crippen LogP contribution in [0.2, 0.25) is 0 Å². The topological polar surface area (TPSA) is 127 Å². The van der Waals surface area contributed by atoms with Crippen LogP contribution < -0.4 is 21.5 Å². The zero-order valence-corrected chi connectivity index (χ0v) is 16.6. The average molecular weight is 408 g/mol. The fourth-order valence-corrected chi connectivity index (χ4v) is 2.68. The van der Waals surface area contributed by atoms with Crippen molar-refractivity contribution in [2.45, 2.75) is 0 Å². The van der Waals surface area contributed by atoms with Crippen LogP contribution in [0.1, 0.15) is 20.7 Å². The van der Waals surface area contributed by atoms with Gasteiger partial charge in [-0.05, 0) is 24.3 Å². The molecule has 3 rings (SSSR count). The van der Waals surface area contributed by atoms with Crippen LogP contribution in [0.5, 0.6) is 0 Å². The van der Waals surface area contributed by atoms with Crippen LogP contribution in [-0.2, 0) is 11.8 Å². The molecule has 0 radical (unpaired) electrons. The number of amides is 1. The van der Waals surface area contributed by atoms with E-state index in [9.17, 15) is 14.4 Å². The van der Waals surface area contributed by atoms with Crippen molar-refractivity contribution in [3.8, 4) is 0 Å². The van der Waals surface area contributed by atoms with E-state index in [2.05, 4.69) is 25.9 Å². The van der Waals surface area contributed by atoms with E-state index in [0.717, 1.165) is 0 Å². The highest BCUT2D eigenvalue weighted by Crippen LogP contribution is 2.25. The standard InChI is InChI=1S/C20H20N6O4/c1-21-18(27)13-11-23-16(25-17-12(20(29)30-3)6-4-8-22-17)10-15(13)24-14-7-5-9-26(2)19(14)28/h4-11H,1-3H3,(H,21,27)(H2,22,23,24,25). The van der Waals surface area contributed by atoms with Crippen LogP contribution in [0.25, 0.3) is 0 Å². The Morgan fingerprint density at radius 1 is 1.07 bits per heavy atom. The molecular weight excluding hydrogens is 388 g/mol. The number of aromatic nitrogens is 3. The van der Waals surface area contributed by atoms with E-state index in [1.807, 2.05) is 0 Å². The Labute approximate surface area is 171 Å². The molecule has 0 aliphatic heterocycles. The molecule has 3 heterocycles. The summed E-state index contributed by atoms with van der Waals surface area (Å²) in [6.45, 7) is 0. The molecule has 0 aromatic carbocycles. The molecule has 0 aliphatic rings. The predicted octanol–water partition coefficient (Wildman–Crippen LogP) is 1.81. The lowest BCUT2D eigenvalue weighted by Crippen LogP contribution is -2.22. The van der Waals surface area contributed by atoms with Crippen molar-refractivity contribution in [3.05, 3.63) is 70.4 Å². The lowest BCUT2D eigenvalue weighted by molar-refractivity contribution is 0.0601. The van der Waals surface area contributed by atoms with Gasteiger partial charge in [-0.25, -0.2) is 14.8 Å². The number of ether oxygens (including phenoxy) is 1. The summed E-state index contributed by atoms with van der Waals surface area (Å²) < 4.78 is 6.18. The first kappa shape index (κ1) is 20.5. The smallest absolute Gasteiger partial charge is 0.341 e. The molecule has 0 spiro atoms. The Hall–Kier alpha value is -4.21. The number of esters is 1. The summed E-state index contributed by atoms with van der Waals surface area (Å²) in [5, 5.41) is 8.47. The zero-order chi connectivity index (χ0) is 21.7. The predicted molar refractivity (Wildman–Crippen MR) is 111 cm³/mol. The Kier molecular flexibility index (Phi) is 6.06. The van der Waals surface area contributed by atoms with Crippen molar-refractivity contribution in [3.63, 3.8) is 0 Å². The van der Waals surface area contributed by atoms with E-state index in [0.29, 0.717) is 11.5 Å². The number of pyridine rings is 3. The molecule has 10 heteroatoms. The van der Waals surface area contributed by atoms with Gasteiger partial charge in [0, 0.05) is 38.8 Å². The van der Waals surface area contributed by atoms with Gasteiger partial charge < -0.3 is 25.3 Å². The van der Waals surface area contributed by atoms with Crippen molar-refractivity contribution >= 4 is 34.9 Å². The Bertz CT molecular complexity index is 1160. The van der Waals surface area contributed by atoms with Gasteiger partial charge in [-0.1, -0.05) is 0 Å². The number of anilines is 4. The number of carbonyl (C=O) groups is 2. The van der Waals surface area contributed by atoms with Gasteiger partial charge in [0.15, 0.2) is 0 Å². The van der Waals surface area contributed by atoms with Gasteiger partial charge in [0.25, 0.3) is 11.5 Å². The molecule has 0 saturated heterocycles. The van der Waals surface area contributed by atoms with Crippen LogP contribution in [0, 0.1) is 0 Å². The van der Waals surface area contributed by atoms with E-state index in [4.69, 9.17) is 4.74 Å². The highest BCUT2D eigenvalue weighted by atomic mass is 16.5. The minimum absolute atomic E-state index is 0.226. The SMILES string of the molecule is CNC(=O)c1cnc(Nc2ncccc2C(=O)OC)cc1Nc1cccn(C)c1=O. The van der Waals surface area contributed by atoms with Crippen molar-refractivity contribution in [2.24, 2.45) is 7.05 Å². The first-order chi connectivity index (χ1) is 14.4. The van der Waals surface area contributed by atoms with Crippen molar-refractivity contribution < 1.29 is 14.3 Å². The maximum absolute atomic E-state index is 12.4. The molecule has 1 amide bonds. The number of hydrogen-bond donors (Lipinski definition) is 3. The molecular formula is C20H20N6O4. The molecule has 3 N–H and O–H groups in total. The van der Waals surface area contributed by atoms with Gasteiger partial charge in [0.2, 0.25) is 0 Å². The summed E-state index contributed by atoms with van der Waals surface area (Å²) in [6, 6.07) is 8.04. The maximum atomic E-state index is 12.4. The monoisotopic (exact) mass is 408 g/mol. The summed E-state index contributed by atoms with van der Waals surface area (Å²) in [5.41, 5.74) is 0.845. The second-order valence-corrected chi connectivity index (χ2v) is 6.17. The molecule has 10 nitrogen and oxygen atoms in total. The van der Waals surface area contributed by atoms with Gasteiger partial charge in [0.1, 0.15) is 22.9 Å². The molecule has 0 saturated carbocycles. The minimum atomic E-state index is -0.557. The second kappa shape index (κ2) is 8.86. The quantitative estimate of drug-likeness (QED) is 0.527. The van der Waals surface area contributed by atoms with Crippen LogP contribution in [0.15, 0.2) is 53.7 Å². The Morgan fingerprint density at radius 3 is 2.60 bits per heavy atom. The minimum Gasteiger partial charge on any atom is -0.465 e. The summed E-state index contributed by atoms with van der Waals surface area (Å²) in [5.74, 6) is -0.385. The molecule has 154 valence electrons. The van der Waals surface area contributed by atoms with Crippen LogP contribution in [0.3, 0.4) is 0 Å². The van der Waals surface area contributed by atoms with E-state index in [1.54, 1.807) is 43.6 Å². The van der Waals surface area contributed by atoms with Crippen molar-refractivity contribution in [2.75, 3.05) is 24.8 Å². The molecule has 0 bridgehead atoms. The fraction of sp³-hybridized carbons (Fsp3) is 0.150. The zero-order valence-electron chi connectivity index (χ0n) is 16.6. The van der Waals surface area contributed by atoms with Crippen LogP contribution >= 0.6 is 0 Å². The molecule has 30 heavy (non-hydrogen) atoms. The van der Waals surface area contributed by atoms with E-state index in [1.165, 1.54) is 31.1 Å². The van der Waals surface area contributed by atoms with E-state index < -0.39 is 5.97 Å². The summed E-state index contributed by atoms with van der Waals surface area (Å²) >= 11 is 0. The number of nitrogens with zero attached hydrogens (tertiary/aromatic N) is 3.